The van der Waals surface area contributed by atoms with Crippen molar-refractivity contribution in [2.75, 3.05) is 6.54 Å². The highest BCUT2D eigenvalue weighted by Gasteiger charge is 2.10. The number of H-pyrrole nitrogens is 1. The predicted octanol–water partition coefficient (Wildman–Crippen LogP) is 3.03. The van der Waals surface area contributed by atoms with Crippen molar-refractivity contribution in [2.24, 2.45) is 0 Å². The average Bonchev–Trinajstić information content (AvgIpc) is 3.06. The first-order valence-corrected chi connectivity index (χ1v) is 7.58. The van der Waals surface area contributed by atoms with Gasteiger partial charge in [0.2, 0.25) is 5.91 Å². The van der Waals surface area contributed by atoms with E-state index in [9.17, 15) is 4.79 Å². The minimum atomic E-state index is -0.129. The smallest absolute Gasteiger partial charge is 0.240 e. The Morgan fingerprint density at radius 2 is 2.14 bits per heavy atom. The Morgan fingerprint density at radius 3 is 2.91 bits per heavy atom. The molecular weight excluding hydrogens is 323 g/mol. The average molecular weight is 337 g/mol. The standard InChI is InChI=1S/C15H14Cl2N4O/c16-14-15(17)21(9-20-14)8-13(22)18-6-5-10-7-19-12-4-2-1-3-11(10)12/h1-4,7,9,19H,5-6,8H2,(H,18,22). The number of rotatable bonds is 5. The molecule has 114 valence electrons. The molecule has 1 aromatic carbocycles. The molecule has 3 aromatic rings. The van der Waals surface area contributed by atoms with Gasteiger partial charge < -0.3 is 14.9 Å². The van der Waals surface area contributed by atoms with Crippen molar-refractivity contribution in [2.45, 2.75) is 13.0 Å². The predicted molar refractivity (Wildman–Crippen MR) is 87.3 cm³/mol. The molecule has 0 spiro atoms. The number of benzene rings is 1. The Labute approximate surface area is 137 Å². The van der Waals surface area contributed by atoms with Crippen LogP contribution in [0.2, 0.25) is 10.3 Å². The summed E-state index contributed by atoms with van der Waals surface area (Å²) < 4.78 is 1.50. The van der Waals surface area contributed by atoms with Crippen LogP contribution in [0, 0.1) is 0 Å². The maximum Gasteiger partial charge on any atom is 0.240 e. The highest BCUT2D eigenvalue weighted by Crippen LogP contribution is 2.19. The SMILES string of the molecule is O=C(Cn1cnc(Cl)c1Cl)NCCc1c[nH]c2ccccc12. The molecule has 1 amide bonds. The van der Waals surface area contributed by atoms with Crippen molar-refractivity contribution >= 4 is 40.0 Å². The van der Waals surface area contributed by atoms with Crippen LogP contribution in [-0.2, 0) is 17.8 Å². The summed E-state index contributed by atoms with van der Waals surface area (Å²) in [5, 5.41) is 4.52. The molecule has 3 rings (SSSR count). The summed E-state index contributed by atoms with van der Waals surface area (Å²) in [6.07, 6.45) is 4.18. The summed E-state index contributed by atoms with van der Waals surface area (Å²) in [7, 11) is 0. The third-order valence-corrected chi connectivity index (χ3v) is 4.21. The van der Waals surface area contributed by atoms with Gasteiger partial charge in [0.05, 0.1) is 6.33 Å². The molecule has 0 saturated heterocycles. The Morgan fingerprint density at radius 1 is 1.32 bits per heavy atom. The van der Waals surface area contributed by atoms with Gasteiger partial charge >= 0.3 is 0 Å². The molecule has 0 aliphatic heterocycles. The van der Waals surface area contributed by atoms with Crippen LogP contribution < -0.4 is 5.32 Å². The van der Waals surface area contributed by atoms with Gasteiger partial charge in [-0.1, -0.05) is 41.4 Å². The zero-order chi connectivity index (χ0) is 15.5. The largest absolute Gasteiger partial charge is 0.361 e. The number of halogens is 2. The van der Waals surface area contributed by atoms with Crippen molar-refractivity contribution in [3.05, 3.63) is 52.7 Å². The number of nitrogens with zero attached hydrogens (tertiary/aromatic N) is 2. The minimum absolute atomic E-state index is 0.104. The highest BCUT2D eigenvalue weighted by atomic mass is 35.5. The van der Waals surface area contributed by atoms with Crippen LogP contribution in [0.5, 0.6) is 0 Å². The van der Waals surface area contributed by atoms with Crippen LogP contribution in [-0.4, -0.2) is 27.0 Å². The molecular formula is C15H14Cl2N4O. The Balaban J connectivity index is 1.54. The number of amides is 1. The van der Waals surface area contributed by atoms with Crippen LogP contribution in [0.3, 0.4) is 0 Å². The number of imidazole rings is 1. The van der Waals surface area contributed by atoms with E-state index in [0.717, 1.165) is 11.9 Å². The molecule has 2 heterocycles. The molecule has 2 N–H and O–H groups in total. The summed E-state index contributed by atoms with van der Waals surface area (Å²) in [5.41, 5.74) is 2.28. The van der Waals surface area contributed by atoms with Gasteiger partial charge in [-0.05, 0) is 18.1 Å². The summed E-state index contributed by atoms with van der Waals surface area (Å²) in [6.45, 7) is 0.660. The monoisotopic (exact) mass is 336 g/mol. The first-order valence-electron chi connectivity index (χ1n) is 6.83. The maximum atomic E-state index is 11.9. The third-order valence-electron chi connectivity index (χ3n) is 3.44. The van der Waals surface area contributed by atoms with E-state index in [4.69, 9.17) is 23.2 Å². The molecule has 7 heteroatoms. The van der Waals surface area contributed by atoms with Crippen LogP contribution in [0.25, 0.3) is 10.9 Å². The van der Waals surface area contributed by atoms with Gasteiger partial charge in [0.15, 0.2) is 5.15 Å². The van der Waals surface area contributed by atoms with E-state index in [1.807, 2.05) is 24.4 Å². The van der Waals surface area contributed by atoms with Crippen molar-refractivity contribution < 1.29 is 4.79 Å². The van der Waals surface area contributed by atoms with E-state index in [1.54, 1.807) is 0 Å². The van der Waals surface area contributed by atoms with Crippen LogP contribution in [0.1, 0.15) is 5.56 Å². The quantitative estimate of drug-likeness (QED) is 0.752. The lowest BCUT2D eigenvalue weighted by molar-refractivity contribution is -0.121. The summed E-state index contributed by atoms with van der Waals surface area (Å²) in [5.74, 6) is -0.129. The second-order valence-electron chi connectivity index (χ2n) is 4.91. The zero-order valence-corrected chi connectivity index (χ0v) is 13.2. The summed E-state index contributed by atoms with van der Waals surface area (Å²) in [4.78, 5) is 19.0. The number of fused-ring (bicyclic) bond motifs is 1. The Bertz CT molecular complexity index is 809. The molecule has 0 fully saturated rings. The normalized spacial score (nSPS) is 11.0. The number of carbonyl (C=O) groups excluding carboxylic acids is 1. The van der Waals surface area contributed by atoms with Gasteiger partial charge in [0.1, 0.15) is 11.7 Å². The fraction of sp³-hybridized carbons (Fsp3) is 0.200. The summed E-state index contributed by atoms with van der Waals surface area (Å²) in [6, 6.07) is 8.09. The highest BCUT2D eigenvalue weighted by molar-refractivity contribution is 6.40. The van der Waals surface area contributed by atoms with Gasteiger partial charge in [-0.2, -0.15) is 0 Å². The molecule has 0 atom stereocenters. The molecule has 0 aliphatic carbocycles. The molecule has 0 saturated carbocycles. The second-order valence-corrected chi connectivity index (χ2v) is 5.63. The number of hydrogen-bond acceptors (Lipinski definition) is 2. The van der Waals surface area contributed by atoms with Crippen molar-refractivity contribution in [3.8, 4) is 0 Å². The molecule has 0 unspecified atom stereocenters. The van der Waals surface area contributed by atoms with Gasteiger partial charge in [0, 0.05) is 23.6 Å². The van der Waals surface area contributed by atoms with E-state index in [0.29, 0.717) is 6.54 Å². The fourth-order valence-corrected chi connectivity index (χ4v) is 2.64. The Kier molecular flexibility index (Phi) is 4.36. The Hall–Kier alpha value is -1.98. The number of carbonyl (C=O) groups is 1. The van der Waals surface area contributed by atoms with E-state index >= 15 is 0 Å². The second kappa shape index (κ2) is 6.42. The number of nitrogens with one attached hydrogen (secondary N) is 2. The number of aromatic amines is 1. The molecule has 2 aromatic heterocycles. The first kappa shape index (κ1) is 14.9. The van der Waals surface area contributed by atoms with Gasteiger partial charge in [-0.3, -0.25) is 4.79 Å². The van der Waals surface area contributed by atoms with Crippen LogP contribution >= 0.6 is 23.2 Å². The molecule has 5 nitrogen and oxygen atoms in total. The minimum Gasteiger partial charge on any atom is -0.361 e. The third kappa shape index (κ3) is 3.10. The maximum absolute atomic E-state index is 11.9. The number of para-hydroxylation sites is 1. The van der Waals surface area contributed by atoms with Gasteiger partial charge in [0.25, 0.3) is 0 Å². The lowest BCUT2D eigenvalue weighted by Gasteiger charge is -2.06. The molecule has 22 heavy (non-hydrogen) atoms. The van der Waals surface area contributed by atoms with E-state index in [2.05, 4.69) is 21.4 Å². The van der Waals surface area contributed by atoms with Crippen molar-refractivity contribution in [3.63, 3.8) is 0 Å². The first-order chi connectivity index (χ1) is 10.6. The lowest BCUT2D eigenvalue weighted by Crippen LogP contribution is -2.29. The van der Waals surface area contributed by atoms with E-state index in [-0.39, 0.29) is 22.8 Å². The van der Waals surface area contributed by atoms with E-state index < -0.39 is 0 Å². The summed E-state index contributed by atoms with van der Waals surface area (Å²) >= 11 is 11.7. The zero-order valence-electron chi connectivity index (χ0n) is 11.6. The topological polar surface area (TPSA) is 62.7 Å². The van der Waals surface area contributed by atoms with Crippen molar-refractivity contribution in [1.82, 2.24) is 19.9 Å². The van der Waals surface area contributed by atoms with Crippen LogP contribution in [0.15, 0.2) is 36.8 Å². The van der Waals surface area contributed by atoms with Crippen molar-refractivity contribution in [1.29, 1.82) is 0 Å². The fourth-order valence-electron chi connectivity index (χ4n) is 2.34. The molecule has 0 bridgehead atoms. The van der Waals surface area contributed by atoms with Gasteiger partial charge in [-0.15, -0.1) is 0 Å². The lowest BCUT2D eigenvalue weighted by atomic mass is 10.1. The molecule has 0 radical (unpaired) electrons. The molecule has 0 aliphatic rings. The van der Waals surface area contributed by atoms with Gasteiger partial charge in [-0.25, -0.2) is 4.98 Å². The number of aromatic nitrogens is 3. The van der Waals surface area contributed by atoms with E-state index in [1.165, 1.54) is 21.8 Å². The van der Waals surface area contributed by atoms with Crippen LogP contribution in [0.4, 0.5) is 0 Å². The number of hydrogen-bond donors (Lipinski definition) is 2.